The molecule has 1 aliphatic rings. The number of thioether (sulfide) groups is 1. The van der Waals surface area contributed by atoms with E-state index in [0.29, 0.717) is 0 Å². The Morgan fingerprint density at radius 3 is 2.45 bits per heavy atom. The molecule has 1 fully saturated rings. The zero-order chi connectivity index (χ0) is 23.6. The average Bonchev–Trinajstić information content (AvgIpc) is 2.86. The fraction of sp³-hybridized carbons (Fsp3) is 0.429. The van der Waals surface area contributed by atoms with Crippen LogP contribution in [0.4, 0.5) is 4.79 Å². The lowest BCUT2D eigenvalue weighted by Gasteiger charge is -2.25. The quantitative estimate of drug-likeness (QED) is 0.246. The molecular formula is C28H37N3OS. The summed E-state index contributed by atoms with van der Waals surface area (Å²) in [7, 11) is 0. The Morgan fingerprint density at radius 2 is 1.79 bits per heavy atom. The van der Waals surface area contributed by atoms with Crippen molar-refractivity contribution in [2.24, 2.45) is 5.10 Å². The first kappa shape index (κ1) is 25.1. The van der Waals surface area contributed by atoms with Gasteiger partial charge in [0.05, 0.1) is 5.71 Å². The van der Waals surface area contributed by atoms with Crippen molar-refractivity contribution >= 4 is 29.1 Å². The van der Waals surface area contributed by atoms with Gasteiger partial charge in [0.2, 0.25) is 0 Å². The van der Waals surface area contributed by atoms with Crippen LogP contribution in [0.2, 0.25) is 0 Å². The van der Waals surface area contributed by atoms with Gasteiger partial charge >= 0.3 is 6.03 Å². The van der Waals surface area contributed by atoms with Gasteiger partial charge in [-0.15, -0.1) is 11.8 Å². The average molecular weight is 464 g/mol. The molecule has 5 heteroatoms. The zero-order valence-corrected chi connectivity index (χ0v) is 21.1. The van der Waals surface area contributed by atoms with E-state index in [-0.39, 0.29) is 6.03 Å². The van der Waals surface area contributed by atoms with Crippen molar-refractivity contribution in [2.45, 2.75) is 64.2 Å². The van der Waals surface area contributed by atoms with Gasteiger partial charge in [-0.05, 0) is 79.8 Å². The highest BCUT2D eigenvalue weighted by Crippen LogP contribution is 2.24. The molecule has 176 valence electrons. The topological polar surface area (TPSA) is 44.7 Å². The van der Waals surface area contributed by atoms with Gasteiger partial charge in [0.25, 0.3) is 0 Å². The summed E-state index contributed by atoms with van der Waals surface area (Å²) >= 11 is 1.86. The minimum absolute atomic E-state index is 0.0858. The van der Waals surface area contributed by atoms with Crippen molar-refractivity contribution in [3.63, 3.8) is 0 Å². The van der Waals surface area contributed by atoms with E-state index >= 15 is 0 Å². The monoisotopic (exact) mass is 463 g/mol. The van der Waals surface area contributed by atoms with E-state index in [9.17, 15) is 4.79 Å². The summed E-state index contributed by atoms with van der Waals surface area (Å²) in [5.41, 5.74) is 9.77. The van der Waals surface area contributed by atoms with Crippen LogP contribution in [0.15, 0.2) is 59.0 Å². The summed E-state index contributed by atoms with van der Waals surface area (Å²) in [6, 6.07) is 15.2. The molecule has 0 saturated carbocycles. The van der Waals surface area contributed by atoms with E-state index in [1.807, 2.05) is 16.7 Å². The largest absolute Gasteiger partial charge is 0.337 e. The van der Waals surface area contributed by atoms with Crippen LogP contribution >= 0.6 is 11.8 Å². The summed E-state index contributed by atoms with van der Waals surface area (Å²) < 4.78 is 0. The van der Waals surface area contributed by atoms with Gasteiger partial charge in [-0.2, -0.15) is 5.10 Å². The summed E-state index contributed by atoms with van der Waals surface area (Å²) in [4.78, 5) is 15.5. The van der Waals surface area contributed by atoms with Crippen molar-refractivity contribution < 1.29 is 4.79 Å². The molecule has 0 aromatic heterocycles. The van der Waals surface area contributed by atoms with E-state index in [4.69, 9.17) is 0 Å². The van der Waals surface area contributed by atoms with Crippen LogP contribution in [-0.4, -0.2) is 35.5 Å². The van der Waals surface area contributed by atoms with Gasteiger partial charge in [-0.3, -0.25) is 0 Å². The van der Waals surface area contributed by atoms with Gasteiger partial charge in [0.15, 0.2) is 0 Å². The second kappa shape index (κ2) is 12.6. The number of likely N-dealkylation sites (tertiary alicyclic amines) is 1. The molecule has 1 aliphatic heterocycles. The van der Waals surface area contributed by atoms with Crippen LogP contribution in [0.5, 0.6) is 0 Å². The third kappa shape index (κ3) is 7.23. The van der Waals surface area contributed by atoms with Crippen molar-refractivity contribution in [3.8, 4) is 0 Å². The third-order valence-electron chi connectivity index (χ3n) is 6.23. The number of benzene rings is 2. The van der Waals surface area contributed by atoms with Crippen LogP contribution in [0, 0.1) is 6.92 Å². The molecule has 33 heavy (non-hydrogen) atoms. The maximum absolute atomic E-state index is 12.5. The maximum Gasteiger partial charge on any atom is 0.337 e. The molecule has 0 radical (unpaired) electrons. The van der Waals surface area contributed by atoms with Crippen LogP contribution < -0.4 is 5.43 Å². The Hall–Kier alpha value is -2.53. The number of nitrogens with zero attached hydrogens (tertiary/aromatic N) is 2. The minimum Gasteiger partial charge on any atom is -0.323 e. The number of aryl methyl sites for hydroxylation is 2. The molecule has 2 aromatic rings. The lowest BCUT2D eigenvalue weighted by molar-refractivity contribution is 0.187. The number of nitrogens with one attached hydrogen (secondary N) is 1. The standard InChI is InChI=1S/C28H37N3OS/c1-5-21(3)24-13-11-23(12-14-24)16-19-33-25-15-10-22(4)26(20-25)27(6-2)29-30-28(32)31-17-8-7-9-18-31/h10-15,20H,3,5-9,16-19H2,1-2,4H3,(H,30,32)/b29-27+. The van der Waals surface area contributed by atoms with Crippen LogP contribution in [-0.2, 0) is 6.42 Å². The fourth-order valence-corrected chi connectivity index (χ4v) is 4.95. The molecule has 2 amide bonds. The smallest absolute Gasteiger partial charge is 0.323 e. The molecule has 3 rings (SSSR count). The first-order valence-corrected chi connectivity index (χ1v) is 13.1. The molecule has 0 aliphatic carbocycles. The number of amides is 2. The highest BCUT2D eigenvalue weighted by molar-refractivity contribution is 7.99. The lowest BCUT2D eigenvalue weighted by atomic mass is 10.0. The van der Waals surface area contributed by atoms with Crippen molar-refractivity contribution in [1.82, 2.24) is 10.3 Å². The van der Waals surface area contributed by atoms with Crippen molar-refractivity contribution in [1.29, 1.82) is 0 Å². The van der Waals surface area contributed by atoms with E-state index < -0.39 is 0 Å². The minimum atomic E-state index is -0.0858. The van der Waals surface area contributed by atoms with Gasteiger partial charge in [0, 0.05) is 29.3 Å². The number of hydrazone groups is 1. The molecule has 1 N–H and O–H groups in total. The fourth-order valence-electron chi connectivity index (χ4n) is 4.01. The Kier molecular flexibility index (Phi) is 9.61. The second-order valence-electron chi connectivity index (χ2n) is 8.61. The molecule has 0 bridgehead atoms. The normalized spacial score (nSPS) is 14.3. The number of hydrogen-bond donors (Lipinski definition) is 1. The SMILES string of the molecule is C=C(CC)c1ccc(CCSc2ccc(C)c(/C(CC)=N/NC(=O)N3CCCCC3)c2)cc1. The molecule has 1 saturated heterocycles. The number of hydrogen-bond acceptors (Lipinski definition) is 3. The maximum atomic E-state index is 12.5. The number of rotatable bonds is 9. The Balaban J connectivity index is 1.60. The Morgan fingerprint density at radius 1 is 1.06 bits per heavy atom. The van der Waals surface area contributed by atoms with E-state index in [1.165, 1.54) is 33.6 Å². The number of carbonyl (C=O) groups excluding carboxylic acids is 1. The van der Waals surface area contributed by atoms with E-state index in [0.717, 1.165) is 62.2 Å². The Labute approximate surface area is 203 Å². The van der Waals surface area contributed by atoms with E-state index in [1.54, 1.807) is 0 Å². The summed E-state index contributed by atoms with van der Waals surface area (Å²) in [5, 5.41) is 4.51. The molecule has 2 aromatic carbocycles. The number of piperidine rings is 1. The first-order valence-electron chi connectivity index (χ1n) is 12.1. The van der Waals surface area contributed by atoms with E-state index in [2.05, 4.69) is 80.3 Å². The lowest BCUT2D eigenvalue weighted by Crippen LogP contribution is -2.41. The van der Waals surface area contributed by atoms with Gasteiger partial charge in [-0.1, -0.05) is 50.8 Å². The predicted octanol–water partition coefficient (Wildman–Crippen LogP) is 7.06. The molecule has 1 heterocycles. The number of carbonyl (C=O) groups is 1. The Bertz CT molecular complexity index is 975. The summed E-state index contributed by atoms with van der Waals surface area (Å²) in [5.74, 6) is 1.01. The molecule has 4 nitrogen and oxygen atoms in total. The van der Waals surface area contributed by atoms with Crippen LogP contribution in [0.25, 0.3) is 5.57 Å². The summed E-state index contributed by atoms with van der Waals surface area (Å²) in [6.07, 6.45) is 6.13. The molecule has 0 atom stereocenters. The number of urea groups is 1. The van der Waals surface area contributed by atoms with Crippen LogP contribution in [0.3, 0.4) is 0 Å². The first-order chi connectivity index (χ1) is 16.0. The summed E-state index contributed by atoms with van der Waals surface area (Å²) in [6.45, 7) is 12.1. The zero-order valence-electron chi connectivity index (χ0n) is 20.3. The highest BCUT2D eigenvalue weighted by Gasteiger charge is 2.16. The van der Waals surface area contributed by atoms with Gasteiger partial charge in [0.1, 0.15) is 0 Å². The van der Waals surface area contributed by atoms with Crippen molar-refractivity contribution in [2.75, 3.05) is 18.8 Å². The second-order valence-corrected chi connectivity index (χ2v) is 9.77. The third-order valence-corrected chi connectivity index (χ3v) is 7.23. The van der Waals surface area contributed by atoms with Gasteiger partial charge in [-0.25, -0.2) is 10.2 Å². The molecular weight excluding hydrogens is 426 g/mol. The molecule has 0 unspecified atom stereocenters. The number of allylic oxidation sites excluding steroid dienone is 1. The van der Waals surface area contributed by atoms with Gasteiger partial charge < -0.3 is 4.90 Å². The predicted molar refractivity (Wildman–Crippen MR) is 142 cm³/mol. The molecule has 0 spiro atoms. The van der Waals surface area contributed by atoms with Crippen molar-refractivity contribution in [3.05, 3.63) is 71.3 Å². The van der Waals surface area contributed by atoms with Crippen LogP contribution in [0.1, 0.15) is 68.2 Å². The highest BCUT2D eigenvalue weighted by atomic mass is 32.2.